The highest BCUT2D eigenvalue weighted by molar-refractivity contribution is 7.99. The third-order valence-corrected chi connectivity index (χ3v) is 5.58. The van der Waals surface area contributed by atoms with Crippen LogP contribution in [-0.4, -0.2) is 17.3 Å². The van der Waals surface area contributed by atoms with E-state index in [1.807, 2.05) is 30.9 Å². The largest absolute Gasteiger partial charge is 0.312 e. The van der Waals surface area contributed by atoms with Crippen molar-refractivity contribution in [2.75, 3.05) is 7.05 Å². The van der Waals surface area contributed by atoms with Gasteiger partial charge in [0.25, 0.3) is 0 Å². The second kappa shape index (κ2) is 6.39. The first kappa shape index (κ1) is 14.9. The predicted molar refractivity (Wildman–Crippen MR) is 90.2 cm³/mol. The van der Waals surface area contributed by atoms with Crippen molar-refractivity contribution in [1.82, 2.24) is 10.3 Å². The van der Waals surface area contributed by atoms with Gasteiger partial charge in [-0.3, -0.25) is 0 Å². The average Bonchev–Trinajstić information content (AvgIpc) is 2.50. The zero-order valence-corrected chi connectivity index (χ0v) is 13.8. The van der Waals surface area contributed by atoms with Crippen LogP contribution in [0.4, 0.5) is 0 Å². The smallest absolute Gasteiger partial charge is 0.0964 e. The van der Waals surface area contributed by atoms with Crippen LogP contribution in [0.5, 0.6) is 0 Å². The minimum Gasteiger partial charge on any atom is -0.312 e. The van der Waals surface area contributed by atoms with Gasteiger partial charge in [0.1, 0.15) is 0 Å². The Kier molecular flexibility index (Phi) is 4.53. The average molecular weight is 319 g/mol. The minimum absolute atomic E-state index is 0.361. The Balaban J connectivity index is 1.87. The molecule has 3 unspecified atom stereocenters. The first-order chi connectivity index (χ1) is 10.2. The third-order valence-electron chi connectivity index (χ3n) is 4.10. The lowest BCUT2D eigenvalue weighted by Gasteiger charge is -2.36. The van der Waals surface area contributed by atoms with Gasteiger partial charge in [0, 0.05) is 17.5 Å². The number of nitrogens with one attached hydrogen (secondary N) is 1. The van der Waals surface area contributed by atoms with Crippen LogP contribution >= 0.6 is 23.4 Å². The zero-order valence-electron chi connectivity index (χ0n) is 12.2. The molecule has 0 spiro atoms. The molecule has 2 nitrogen and oxygen atoms in total. The standard InChI is InChI=1S/C17H19ClN2S/c1-11-9-15(21-16-8-7-12(18)10-20-16)17(19-2)14-6-4-3-5-13(11)14/h3-8,10-11,15,17,19H,9H2,1-2H3. The third kappa shape index (κ3) is 3.10. The number of hydrogen-bond acceptors (Lipinski definition) is 3. The molecule has 0 bridgehead atoms. The number of hydrogen-bond donors (Lipinski definition) is 1. The Morgan fingerprint density at radius 3 is 2.62 bits per heavy atom. The lowest BCUT2D eigenvalue weighted by molar-refractivity contribution is 0.473. The molecule has 1 heterocycles. The Labute approximate surface area is 135 Å². The van der Waals surface area contributed by atoms with Gasteiger partial charge in [0.2, 0.25) is 0 Å². The van der Waals surface area contributed by atoms with Crippen molar-refractivity contribution >= 4 is 23.4 Å². The molecule has 21 heavy (non-hydrogen) atoms. The van der Waals surface area contributed by atoms with Crippen LogP contribution in [0.1, 0.15) is 36.4 Å². The summed E-state index contributed by atoms with van der Waals surface area (Å²) >= 11 is 7.76. The highest BCUT2D eigenvalue weighted by Gasteiger charge is 2.32. The summed E-state index contributed by atoms with van der Waals surface area (Å²) in [6, 6.07) is 13.0. The monoisotopic (exact) mass is 318 g/mol. The van der Waals surface area contributed by atoms with Gasteiger partial charge in [-0.2, -0.15) is 0 Å². The fourth-order valence-corrected chi connectivity index (χ4v) is 4.59. The van der Waals surface area contributed by atoms with E-state index in [1.165, 1.54) is 11.1 Å². The molecule has 0 saturated carbocycles. The van der Waals surface area contributed by atoms with Crippen LogP contribution in [0.3, 0.4) is 0 Å². The van der Waals surface area contributed by atoms with Crippen molar-refractivity contribution in [2.45, 2.75) is 35.6 Å². The van der Waals surface area contributed by atoms with E-state index < -0.39 is 0 Å². The van der Waals surface area contributed by atoms with E-state index in [9.17, 15) is 0 Å². The Morgan fingerprint density at radius 2 is 1.95 bits per heavy atom. The van der Waals surface area contributed by atoms with Crippen molar-refractivity contribution in [3.05, 3.63) is 58.7 Å². The molecule has 1 aliphatic rings. The molecule has 0 amide bonds. The van der Waals surface area contributed by atoms with Crippen LogP contribution in [0.15, 0.2) is 47.6 Å². The predicted octanol–water partition coefficient (Wildman–Crippen LogP) is 4.66. The zero-order chi connectivity index (χ0) is 14.8. The number of benzene rings is 1. The summed E-state index contributed by atoms with van der Waals surface area (Å²) < 4.78 is 0. The van der Waals surface area contributed by atoms with E-state index in [2.05, 4.69) is 41.5 Å². The van der Waals surface area contributed by atoms with E-state index >= 15 is 0 Å². The van der Waals surface area contributed by atoms with Gasteiger partial charge >= 0.3 is 0 Å². The van der Waals surface area contributed by atoms with Gasteiger partial charge in [-0.1, -0.05) is 42.8 Å². The number of thioether (sulfide) groups is 1. The van der Waals surface area contributed by atoms with Crippen molar-refractivity contribution in [3.8, 4) is 0 Å². The molecular weight excluding hydrogens is 300 g/mol. The number of rotatable bonds is 3. The fourth-order valence-electron chi connectivity index (χ4n) is 3.10. The van der Waals surface area contributed by atoms with E-state index in [1.54, 1.807) is 6.20 Å². The molecule has 1 aromatic carbocycles. The van der Waals surface area contributed by atoms with Gasteiger partial charge in [-0.05, 0) is 42.6 Å². The quantitative estimate of drug-likeness (QED) is 0.890. The van der Waals surface area contributed by atoms with Gasteiger partial charge in [0.05, 0.1) is 10.0 Å². The minimum atomic E-state index is 0.361. The van der Waals surface area contributed by atoms with Gasteiger partial charge in [-0.25, -0.2) is 4.98 Å². The summed E-state index contributed by atoms with van der Waals surface area (Å²) in [7, 11) is 2.04. The van der Waals surface area contributed by atoms with E-state index in [0.717, 1.165) is 11.4 Å². The topological polar surface area (TPSA) is 24.9 Å². The Hall–Kier alpha value is -1.03. The summed E-state index contributed by atoms with van der Waals surface area (Å²) in [5, 5.41) is 5.69. The fraction of sp³-hybridized carbons (Fsp3) is 0.353. The first-order valence-corrected chi connectivity index (χ1v) is 8.49. The van der Waals surface area contributed by atoms with Crippen LogP contribution in [-0.2, 0) is 0 Å². The Bertz CT molecular complexity index is 614. The van der Waals surface area contributed by atoms with Crippen molar-refractivity contribution in [1.29, 1.82) is 0 Å². The normalized spacial score (nSPS) is 24.6. The van der Waals surface area contributed by atoms with E-state index in [0.29, 0.717) is 22.2 Å². The summed E-state index contributed by atoms with van der Waals surface area (Å²) in [6.07, 6.45) is 2.87. The van der Waals surface area contributed by atoms with E-state index in [-0.39, 0.29) is 0 Å². The number of halogens is 1. The molecule has 1 aromatic heterocycles. The van der Waals surface area contributed by atoms with E-state index in [4.69, 9.17) is 11.6 Å². The molecule has 3 atom stereocenters. The molecule has 0 fully saturated rings. The van der Waals surface area contributed by atoms with Crippen LogP contribution in [0, 0.1) is 0 Å². The molecule has 1 aliphatic carbocycles. The summed E-state index contributed by atoms with van der Waals surface area (Å²) in [6.45, 7) is 2.31. The maximum absolute atomic E-state index is 5.92. The lowest BCUT2D eigenvalue weighted by atomic mass is 9.81. The molecular formula is C17H19ClN2S. The number of fused-ring (bicyclic) bond motifs is 1. The SMILES string of the molecule is CNC1c2ccccc2C(C)CC1Sc1ccc(Cl)cn1. The van der Waals surface area contributed by atoms with Crippen LogP contribution < -0.4 is 5.32 Å². The molecule has 110 valence electrons. The van der Waals surface area contributed by atoms with Crippen LogP contribution in [0.2, 0.25) is 5.02 Å². The molecule has 4 heteroatoms. The second-order valence-corrected chi connectivity index (χ2v) is 7.20. The molecule has 0 aliphatic heterocycles. The molecule has 3 rings (SSSR count). The van der Waals surface area contributed by atoms with Crippen molar-refractivity contribution in [3.63, 3.8) is 0 Å². The lowest BCUT2D eigenvalue weighted by Crippen LogP contribution is -2.33. The number of aromatic nitrogens is 1. The van der Waals surface area contributed by atoms with Crippen molar-refractivity contribution < 1.29 is 0 Å². The maximum Gasteiger partial charge on any atom is 0.0964 e. The number of pyridine rings is 1. The second-order valence-electron chi connectivity index (χ2n) is 5.50. The van der Waals surface area contributed by atoms with Gasteiger partial charge in [0.15, 0.2) is 0 Å². The van der Waals surface area contributed by atoms with Crippen LogP contribution in [0.25, 0.3) is 0 Å². The molecule has 1 N–H and O–H groups in total. The van der Waals surface area contributed by atoms with Crippen molar-refractivity contribution in [2.24, 2.45) is 0 Å². The molecule has 0 radical (unpaired) electrons. The summed E-state index contributed by atoms with van der Waals surface area (Å²) in [5.41, 5.74) is 2.89. The highest BCUT2D eigenvalue weighted by Crippen LogP contribution is 2.44. The molecule has 2 aromatic rings. The summed E-state index contributed by atoms with van der Waals surface area (Å²) in [5.74, 6) is 0.579. The van der Waals surface area contributed by atoms with Gasteiger partial charge < -0.3 is 5.32 Å². The first-order valence-electron chi connectivity index (χ1n) is 7.23. The maximum atomic E-state index is 5.92. The highest BCUT2D eigenvalue weighted by atomic mass is 35.5. The summed E-state index contributed by atoms with van der Waals surface area (Å²) in [4.78, 5) is 4.43. The number of nitrogens with zero attached hydrogens (tertiary/aromatic N) is 1. The molecule has 0 saturated heterocycles. The van der Waals surface area contributed by atoms with Gasteiger partial charge in [-0.15, -0.1) is 11.8 Å². The Morgan fingerprint density at radius 1 is 1.19 bits per heavy atom.